The molecule has 1 atom stereocenters. The first kappa shape index (κ1) is 18.3. The molecule has 0 bridgehead atoms. The van der Waals surface area contributed by atoms with E-state index in [2.05, 4.69) is 21.9 Å². The van der Waals surface area contributed by atoms with Gasteiger partial charge in [-0.1, -0.05) is 36.8 Å². The van der Waals surface area contributed by atoms with Gasteiger partial charge >= 0.3 is 0 Å². The van der Waals surface area contributed by atoms with Gasteiger partial charge in [-0.15, -0.1) is 0 Å². The molecule has 2 heterocycles. The summed E-state index contributed by atoms with van der Waals surface area (Å²) in [7, 11) is -2.91. The zero-order chi connectivity index (χ0) is 18.0. The molecule has 2 aromatic rings. The van der Waals surface area contributed by atoms with Gasteiger partial charge in [0, 0.05) is 11.6 Å². The number of nitrogens with one attached hydrogen (secondary N) is 1. The summed E-state index contributed by atoms with van der Waals surface area (Å²) in [5, 5.41) is 3.26. The van der Waals surface area contributed by atoms with Crippen LogP contribution in [0.25, 0.3) is 11.4 Å². The number of hydrogen-bond acceptors (Lipinski definition) is 5. The van der Waals surface area contributed by atoms with Crippen LogP contribution in [0.5, 0.6) is 0 Å². The molecule has 1 aliphatic heterocycles. The van der Waals surface area contributed by atoms with Crippen molar-refractivity contribution in [2.45, 2.75) is 39.4 Å². The van der Waals surface area contributed by atoms with Crippen molar-refractivity contribution >= 4 is 22.1 Å². The second-order valence-electron chi connectivity index (χ2n) is 6.66. The van der Waals surface area contributed by atoms with Crippen LogP contribution in [-0.4, -0.2) is 52.2 Å². The highest BCUT2D eigenvalue weighted by Gasteiger charge is 2.32. The van der Waals surface area contributed by atoms with Crippen LogP contribution in [0, 0.1) is 11.7 Å². The van der Waals surface area contributed by atoms with Gasteiger partial charge in [-0.2, -0.15) is 4.98 Å². The van der Waals surface area contributed by atoms with Crippen molar-refractivity contribution in [3.8, 4) is 11.4 Å². The summed E-state index contributed by atoms with van der Waals surface area (Å²) in [6, 6.07) is 8.16. The van der Waals surface area contributed by atoms with E-state index in [0.717, 1.165) is 24.4 Å². The number of aryl methyl sites for hydroxylation is 1. The average Bonchev–Trinajstić information content (AvgIpc) is 3.10. The Morgan fingerprint density at radius 3 is 2.68 bits per heavy atom. The quantitative estimate of drug-likeness (QED) is 0.780. The number of H-pyrrole nitrogens is 1. The monoisotopic (exact) mass is 380 g/mol. The molecule has 1 aliphatic rings. The van der Waals surface area contributed by atoms with E-state index >= 15 is 0 Å². The van der Waals surface area contributed by atoms with Gasteiger partial charge in [0.25, 0.3) is 0 Å². The van der Waals surface area contributed by atoms with Gasteiger partial charge in [-0.25, -0.2) is 13.1 Å². The topological polar surface area (TPSA) is 71.0 Å². The molecular weight excluding hydrogens is 356 g/mol. The number of rotatable bonds is 6. The SMILES string of the molecule is CCCN(Cn1[nH]c(-c2ccc(C)cc2)nc1=S)[C@H]1CCS(=O)(=O)C1. The summed E-state index contributed by atoms with van der Waals surface area (Å²) in [6.07, 6.45) is 1.65. The van der Waals surface area contributed by atoms with Crippen LogP contribution in [0.3, 0.4) is 0 Å². The number of aromatic nitrogens is 3. The largest absolute Gasteiger partial charge is 0.280 e. The minimum absolute atomic E-state index is 0.0537. The molecule has 6 nitrogen and oxygen atoms in total. The van der Waals surface area contributed by atoms with Crippen LogP contribution in [0.4, 0.5) is 0 Å². The number of sulfone groups is 1. The number of nitrogens with zero attached hydrogens (tertiary/aromatic N) is 3. The first-order valence-electron chi connectivity index (χ1n) is 8.56. The van der Waals surface area contributed by atoms with Crippen LogP contribution in [-0.2, 0) is 16.5 Å². The maximum absolute atomic E-state index is 11.8. The number of benzene rings is 1. The molecular formula is C17H24N4O2S2. The normalized spacial score (nSPS) is 19.6. The summed E-state index contributed by atoms with van der Waals surface area (Å²) < 4.78 is 25.9. The highest BCUT2D eigenvalue weighted by molar-refractivity contribution is 7.91. The molecule has 1 aromatic carbocycles. The third-order valence-corrected chi connectivity index (χ3v) is 6.62. The number of hydrogen-bond donors (Lipinski definition) is 1. The maximum atomic E-state index is 11.8. The molecule has 1 fully saturated rings. The maximum Gasteiger partial charge on any atom is 0.217 e. The van der Waals surface area contributed by atoms with Crippen molar-refractivity contribution < 1.29 is 8.42 Å². The molecule has 25 heavy (non-hydrogen) atoms. The fourth-order valence-electron chi connectivity index (χ4n) is 3.19. The standard InChI is InChI=1S/C17H24N4O2S2/c1-3-9-20(15-8-10-25(22,23)11-15)12-21-17(24)18-16(19-21)14-6-4-13(2)5-7-14/h4-7,15H,3,8-12H2,1-2H3,(H,18,19,24)/t15-/m0/s1. The zero-order valence-electron chi connectivity index (χ0n) is 14.6. The zero-order valence-corrected chi connectivity index (χ0v) is 16.2. The van der Waals surface area contributed by atoms with E-state index in [1.54, 1.807) is 0 Å². The third-order valence-electron chi connectivity index (χ3n) is 4.56. The Hall–Kier alpha value is -1.51. The van der Waals surface area contributed by atoms with Crippen LogP contribution < -0.4 is 0 Å². The summed E-state index contributed by atoms with van der Waals surface area (Å²) in [5.41, 5.74) is 2.18. The van der Waals surface area contributed by atoms with Gasteiger partial charge in [0.1, 0.15) is 0 Å². The second kappa shape index (κ2) is 7.39. The van der Waals surface area contributed by atoms with Crippen molar-refractivity contribution in [2.75, 3.05) is 18.1 Å². The third kappa shape index (κ3) is 4.37. The van der Waals surface area contributed by atoms with Crippen molar-refractivity contribution in [3.05, 3.63) is 34.6 Å². The minimum Gasteiger partial charge on any atom is -0.280 e. The Kier molecular flexibility index (Phi) is 5.41. The average molecular weight is 381 g/mol. The lowest BCUT2D eigenvalue weighted by Gasteiger charge is -2.27. The molecule has 0 radical (unpaired) electrons. The molecule has 1 aromatic heterocycles. The first-order chi connectivity index (χ1) is 11.9. The van der Waals surface area contributed by atoms with E-state index < -0.39 is 9.84 Å². The van der Waals surface area contributed by atoms with E-state index in [1.807, 2.05) is 35.9 Å². The minimum atomic E-state index is -2.91. The summed E-state index contributed by atoms with van der Waals surface area (Å²) in [4.78, 5) is 6.65. The lowest BCUT2D eigenvalue weighted by Crippen LogP contribution is -2.38. The van der Waals surface area contributed by atoms with Gasteiger partial charge in [0.15, 0.2) is 15.7 Å². The van der Waals surface area contributed by atoms with E-state index in [1.165, 1.54) is 5.56 Å². The van der Waals surface area contributed by atoms with Gasteiger partial charge in [0.2, 0.25) is 4.77 Å². The first-order valence-corrected chi connectivity index (χ1v) is 10.8. The molecule has 1 saturated heterocycles. The Balaban J connectivity index is 1.81. The van der Waals surface area contributed by atoms with Crippen LogP contribution in [0.2, 0.25) is 0 Å². The summed E-state index contributed by atoms with van der Waals surface area (Å²) in [5.74, 6) is 1.25. The van der Waals surface area contributed by atoms with Crippen LogP contribution in [0.15, 0.2) is 24.3 Å². The predicted octanol–water partition coefficient (Wildman–Crippen LogP) is 2.77. The Bertz CT molecular complexity index is 884. The van der Waals surface area contributed by atoms with Crippen LogP contribution >= 0.6 is 12.2 Å². The predicted molar refractivity (Wildman–Crippen MR) is 102 cm³/mol. The van der Waals surface area contributed by atoms with Crippen molar-refractivity contribution in [1.82, 2.24) is 19.7 Å². The van der Waals surface area contributed by atoms with E-state index in [4.69, 9.17) is 12.2 Å². The Morgan fingerprint density at radius 2 is 2.08 bits per heavy atom. The number of aromatic amines is 1. The van der Waals surface area contributed by atoms with Crippen LogP contribution in [0.1, 0.15) is 25.3 Å². The van der Waals surface area contributed by atoms with Gasteiger partial charge in [-0.3, -0.25) is 10.00 Å². The smallest absolute Gasteiger partial charge is 0.217 e. The van der Waals surface area contributed by atoms with Crippen molar-refractivity contribution in [1.29, 1.82) is 0 Å². The van der Waals surface area contributed by atoms with E-state index in [0.29, 0.717) is 17.9 Å². The summed E-state index contributed by atoms with van der Waals surface area (Å²) in [6.45, 7) is 5.51. The van der Waals surface area contributed by atoms with E-state index in [9.17, 15) is 8.42 Å². The molecule has 0 spiro atoms. The lowest BCUT2D eigenvalue weighted by molar-refractivity contribution is 0.155. The molecule has 0 saturated carbocycles. The fraction of sp³-hybridized carbons (Fsp3) is 0.529. The van der Waals surface area contributed by atoms with Gasteiger partial charge in [0.05, 0.1) is 18.2 Å². The Labute approximate surface area is 153 Å². The Morgan fingerprint density at radius 1 is 1.36 bits per heavy atom. The molecule has 8 heteroatoms. The molecule has 1 N–H and O–H groups in total. The molecule has 0 amide bonds. The lowest BCUT2D eigenvalue weighted by atomic mass is 10.1. The van der Waals surface area contributed by atoms with E-state index in [-0.39, 0.29) is 17.5 Å². The van der Waals surface area contributed by atoms with Crippen molar-refractivity contribution in [3.63, 3.8) is 0 Å². The van der Waals surface area contributed by atoms with Crippen molar-refractivity contribution in [2.24, 2.45) is 0 Å². The molecule has 0 unspecified atom stereocenters. The molecule has 0 aliphatic carbocycles. The second-order valence-corrected chi connectivity index (χ2v) is 9.25. The fourth-order valence-corrected chi connectivity index (χ4v) is 5.15. The highest BCUT2D eigenvalue weighted by atomic mass is 32.2. The van der Waals surface area contributed by atoms with Gasteiger partial charge < -0.3 is 0 Å². The molecule has 136 valence electrons. The van der Waals surface area contributed by atoms with Gasteiger partial charge in [-0.05, 0) is 38.5 Å². The summed E-state index contributed by atoms with van der Waals surface area (Å²) >= 11 is 5.40. The highest BCUT2D eigenvalue weighted by Crippen LogP contribution is 2.20. The molecule has 3 rings (SSSR count).